The number of amidine groups is 1. The summed E-state index contributed by atoms with van der Waals surface area (Å²) >= 11 is 0. The van der Waals surface area contributed by atoms with Crippen molar-refractivity contribution in [2.45, 2.75) is 12.7 Å². The standard InChI is InChI=1S/C10H13F3N4/c1-17(6-10(11,12)13)5-7-3-2-4-16-8(7)9(14)15/h2-4H,5-6H2,1H3,(H3,14,15). The smallest absolute Gasteiger partial charge is 0.382 e. The summed E-state index contributed by atoms with van der Waals surface area (Å²) in [6.07, 6.45) is -2.79. The van der Waals surface area contributed by atoms with Crippen LogP contribution in [0, 0.1) is 5.41 Å². The van der Waals surface area contributed by atoms with Gasteiger partial charge in [0, 0.05) is 12.7 Å². The first-order valence-corrected chi connectivity index (χ1v) is 4.83. The Kier molecular flexibility index (Phi) is 4.06. The maximum atomic E-state index is 12.1. The number of nitrogens with two attached hydrogens (primary N) is 1. The third-order valence-corrected chi connectivity index (χ3v) is 2.04. The zero-order chi connectivity index (χ0) is 13.1. The fraction of sp³-hybridized carbons (Fsp3) is 0.400. The number of halogens is 3. The number of nitrogens with zero attached hydrogens (tertiary/aromatic N) is 2. The third-order valence-electron chi connectivity index (χ3n) is 2.04. The molecule has 0 unspecified atom stereocenters. The van der Waals surface area contributed by atoms with Crippen molar-refractivity contribution in [3.63, 3.8) is 0 Å². The van der Waals surface area contributed by atoms with Crippen LogP contribution in [-0.2, 0) is 6.54 Å². The van der Waals surface area contributed by atoms with Gasteiger partial charge in [0.15, 0.2) is 0 Å². The molecule has 3 N–H and O–H groups in total. The SMILES string of the molecule is CN(Cc1cccnc1C(=N)N)CC(F)(F)F. The Bertz CT molecular complexity index is 403. The van der Waals surface area contributed by atoms with Gasteiger partial charge in [-0.25, -0.2) is 0 Å². The van der Waals surface area contributed by atoms with E-state index >= 15 is 0 Å². The van der Waals surface area contributed by atoms with Crippen molar-refractivity contribution in [2.24, 2.45) is 5.73 Å². The average molecular weight is 246 g/mol. The van der Waals surface area contributed by atoms with Crippen molar-refractivity contribution in [2.75, 3.05) is 13.6 Å². The van der Waals surface area contributed by atoms with E-state index in [2.05, 4.69) is 4.98 Å². The van der Waals surface area contributed by atoms with Gasteiger partial charge in [0.05, 0.1) is 6.54 Å². The first kappa shape index (κ1) is 13.4. The molecule has 0 saturated carbocycles. The zero-order valence-corrected chi connectivity index (χ0v) is 9.25. The molecule has 1 rings (SSSR count). The molecule has 0 bridgehead atoms. The summed E-state index contributed by atoms with van der Waals surface area (Å²) in [7, 11) is 1.35. The lowest BCUT2D eigenvalue weighted by molar-refractivity contribution is -0.144. The van der Waals surface area contributed by atoms with E-state index in [4.69, 9.17) is 11.1 Å². The number of alkyl halides is 3. The molecule has 17 heavy (non-hydrogen) atoms. The van der Waals surface area contributed by atoms with E-state index in [0.717, 1.165) is 4.90 Å². The third kappa shape index (κ3) is 4.39. The highest BCUT2D eigenvalue weighted by molar-refractivity contribution is 5.94. The van der Waals surface area contributed by atoms with Crippen LogP contribution in [0.4, 0.5) is 13.2 Å². The van der Waals surface area contributed by atoms with Gasteiger partial charge in [-0.05, 0) is 18.7 Å². The maximum Gasteiger partial charge on any atom is 0.401 e. The van der Waals surface area contributed by atoms with E-state index in [-0.39, 0.29) is 18.1 Å². The molecule has 0 aliphatic carbocycles. The van der Waals surface area contributed by atoms with Crippen LogP contribution >= 0.6 is 0 Å². The first-order chi connectivity index (χ1) is 7.79. The predicted octanol–water partition coefficient (Wildman–Crippen LogP) is 1.36. The van der Waals surface area contributed by atoms with Gasteiger partial charge in [-0.2, -0.15) is 13.2 Å². The second-order valence-electron chi connectivity index (χ2n) is 3.71. The van der Waals surface area contributed by atoms with Crippen LogP contribution in [-0.4, -0.2) is 35.5 Å². The number of rotatable bonds is 4. The summed E-state index contributed by atoms with van der Waals surface area (Å²) < 4.78 is 36.4. The number of hydrogen-bond donors (Lipinski definition) is 2. The number of pyridine rings is 1. The van der Waals surface area contributed by atoms with Crippen LogP contribution in [0.2, 0.25) is 0 Å². The normalized spacial score (nSPS) is 11.8. The molecule has 0 atom stereocenters. The van der Waals surface area contributed by atoms with E-state index in [1.54, 1.807) is 12.1 Å². The van der Waals surface area contributed by atoms with Crippen LogP contribution in [0.5, 0.6) is 0 Å². The number of nitrogens with one attached hydrogen (secondary N) is 1. The summed E-state index contributed by atoms with van der Waals surface area (Å²) in [6, 6.07) is 3.21. The predicted molar refractivity (Wildman–Crippen MR) is 57.6 cm³/mol. The monoisotopic (exact) mass is 246 g/mol. The number of aromatic nitrogens is 1. The molecule has 0 aliphatic rings. The molecule has 94 valence electrons. The maximum absolute atomic E-state index is 12.1. The highest BCUT2D eigenvalue weighted by Gasteiger charge is 2.29. The molecule has 0 aliphatic heterocycles. The van der Waals surface area contributed by atoms with Gasteiger partial charge in [0.1, 0.15) is 11.5 Å². The van der Waals surface area contributed by atoms with Gasteiger partial charge < -0.3 is 5.73 Å². The van der Waals surface area contributed by atoms with Crippen LogP contribution in [0.3, 0.4) is 0 Å². The van der Waals surface area contributed by atoms with Crippen LogP contribution in [0.1, 0.15) is 11.3 Å². The van der Waals surface area contributed by atoms with Crippen molar-refractivity contribution in [1.29, 1.82) is 5.41 Å². The molecule has 0 amide bonds. The molecule has 0 spiro atoms. The lowest BCUT2D eigenvalue weighted by Crippen LogP contribution is -2.31. The summed E-state index contributed by atoms with van der Waals surface area (Å²) in [5.74, 6) is -0.249. The minimum Gasteiger partial charge on any atom is -0.382 e. The Morgan fingerprint density at radius 3 is 2.71 bits per heavy atom. The Morgan fingerprint density at radius 1 is 1.53 bits per heavy atom. The molecular formula is C10H13F3N4. The fourth-order valence-corrected chi connectivity index (χ4v) is 1.46. The topological polar surface area (TPSA) is 66.0 Å². The highest BCUT2D eigenvalue weighted by Crippen LogP contribution is 2.17. The molecule has 7 heteroatoms. The number of hydrogen-bond acceptors (Lipinski definition) is 3. The minimum atomic E-state index is -4.24. The van der Waals surface area contributed by atoms with Crippen LogP contribution in [0.25, 0.3) is 0 Å². The Labute approximate surface area is 96.8 Å². The zero-order valence-electron chi connectivity index (χ0n) is 9.25. The molecule has 0 radical (unpaired) electrons. The van der Waals surface area contributed by atoms with Crippen molar-refractivity contribution < 1.29 is 13.2 Å². The molecule has 0 aromatic carbocycles. The lowest BCUT2D eigenvalue weighted by Gasteiger charge is -2.19. The summed E-state index contributed by atoms with van der Waals surface area (Å²) in [5, 5.41) is 7.27. The Balaban J connectivity index is 2.78. The van der Waals surface area contributed by atoms with Crippen molar-refractivity contribution in [3.8, 4) is 0 Å². The van der Waals surface area contributed by atoms with E-state index < -0.39 is 12.7 Å². The van der Waals surface area contributed by atoms with E-state index in [1.165, 1.54) is 13.2 Å². The Hall–Kier alpha value is -1.63. The van der Waals surface area contributed by atoms with Crippen molar-refractivity contribution in [3.05, 3.63) is 29.6 Å². The van der Waals surface area contributed by atoms with Crippen LogP contribution in [0.15, 0.2) is 18.3 Å². The molecule has 4 nitrogen and oxygen atoms in total. The largest absolute Gasteiger partial charge is 0.401 e. The summed E-state index contributed by atoms with van der Waals surface area (Å²) in [5.41, 5.74) is 6.03. The van der Waals surface area contributed by atoms with Crippen LogP contribution < -0.4 is 5.73 Å². The molecule has 0 fully saturated rings. The average Bonchev–Trinajstić information content (AvgIpc) is 2.14. The first-order valence-electron chi connectivity index (χ1n) is 4.83. The second kappa shape index (κ2) is 5.13. The fourth-order valence-electron chi connectivity index (χ4n) is 1.46. The van der Waals surface area contributed by atoms with Gasteiger partial charge in [-0.1, -0.05) is 6.07 Å². The van der Waals surface area contributed by atoms with Gasteiger partial charge in [0.2, 0.25) is 0 Å². The van der Waals surface area contributed by atoms with Gasteiger partial charge >= 0.3 is 6.18 Å². The van der Waals surface area contributed by atoms with E-state index in [1.807, 2.05) is 0 Å². The van der Waals surface area contributed by atoms with Gasteiger partial charge in [-0.3, -0.25) is 15.3 Å². The van der Waals surface area contributed by atoms with Gasteiger partial charge in [-0.15, -0.1) is 0 Å². The molecule has 0 saturated heterocycles. The van der Waals surface area contributed by atoms with Crippen molar-refractivity contribution in [1.82, 2.24) is 9.88 Å². The van der Waals surface area contributed by atoms with E-state index in [9.17, 15) is 13.2 Å². The molecular weight excluding hydrogens is 233 g/mol. The molecule has 1 heterocycles. The second-order valence-corrected chi connectivity index (χ2v) is 3.71. The number of nitrogen functional groups attached to an aromatic ring is 1. The minimum absolute atomic E-state index is 0.0439. The molecule has 1 aromatic heterocycles. The highest BCUT2D eigenvalue weighted by atomic mass is 19.4. The van der Waals surface area contributed by atoms with Gasteiger partial charge in [0.25, 0.3) is 0 Å². The quantitative estimate of drug-likeness (QED) is 0.622. The lowest BCUT2D eigenvalue weighted by atomic mass is 10.1. The summed E-state index contributed by atoms with van der Waals surface area (Å²) in [6.45, 7) is -0.971. The van der Waals surface area contributed by atoms with E-state index in [0.29, 0.717) is 5.56 Å². The molecule has 1 aromatic rings. The van der Waals surface area contributed by atoms with Crippen molar-refractivity contribution >= 4 is 5.84 Å². The Morgan fingerprint density at radius 2 is 2.18 bits per heavy atom. The summed E-state index contributed by atoms with van der Waals surface area (Å²) in [4.78, 5) is 4.97.